The number of halogens is 3. The van der Waals surface area contributed by atoms with Crippen LogP contribution in [0.5, 0.6) is 5.75 Å². The van der Waals surface area contributed by atoms with Gasteiger partial charge in [0.1, 0.15) is 17.4 Å². The summed E-state index contributed by atoms with van der Waals surface area (Å²) in [5.74, 6) is -1.95. The van der Waals surface area contributed by atoms with Gasteiger partial charge < -0.3 is 15.4 Å². The number of alkyl halides is 2. The minimum atomic E-state index is -2.64. The molecule has 43 heavy (non-hydrogen) atoms. The Balaban J connectivity index is 1.16. The first-order valence-corrected chi connectivity index (χ1v) is 14.0. The minimum absolute atomic E-state index is 0.117. The van der Waals surface area contributed by atoms with Crippen molar-refractivity contribution in [2.75, 3.05) is 37.4 Å². The predicted octanol–water partition coefficient (Wildman–Crippen LogP) is 6.03. The molecule has 1 aromatic carbocycles. The fourth-order valence-corrected chi connectivity index (χ4v) is 5.76. The molecule has 6 heterocycles. The highest BCUT2D eigenvalue weighted by atomic mass is 19.3. The lowest BCUT2D eigenvalue weighted by molar-refractivity contribution is 0.0115. The van der Waals surface area contributed by atoms with Gasteiger partial charge in [0.2, 0.25) is 0 Å². The van der Waals surface area contributed by atoms with Crippen LogP contribution in [0.15, 0.2) is 72.1 Å². The number of pyridine rings is 3. The fourth-order valence-electron chi connectivity index (χ4n) is 5.76. The lowest BCUT2D eigenvalue weighted by atomic mass is 9.99. The number of amidine groups is 1. The van der Waals surface area contributed by atoms with E-state index in [0.717, 1.165) is 45.0 Å². The highest BCUT2D eigenvalue weighted by molar-refractivity contribution is 6.30. The number of methoxy groups -OCH3 is 1. The van der Waals surface area contributed by atoms with Crippen LogP contribution in [0.4, 0.5) is 24.5 Å². The molecule has 0 atom stereocenters. The molecule has 0 amide bonds. The standard InChI is InChI=1S/C32H28F3N7O/c1-43-23-12-20(11-22(33)13-23)29-25-16-39-31(41-27(25)5-8-38-29)24-4-7-37-28-3-2-26(40-30(24)28)21-10-19(14-36-15-21)17-42-9-6-32(34,35)18-42/h2-5,8,10-15,37H,6-7,9,16-18H2,1H3,(H,39,41). The third-order valence-corrected chi connectivity index (χ3v) is 7.83. The number of likely N-dealkylation sites (tertiary alicyclic amines) is 1. The Kier molecular flexibility index (Phi) is 6.81. The summed E-state index contributed by atoms with van der Waals surface area (Å²) < 4.78 is 46.9. The van der Waals surface area contributed by atoms with E-state index in [1.165, 1.54) is 19.2 Å². The largest absolute Gasteiger partial charge is 0.497 e. The first kappa shape index (κ1) is 27.1. The second-order valence-electron chi connectivity index (χ2n) is 10.8. The fraction of sp³-hybridized carbons (Fsp3) is 0.250. The number of aliphatic imine (C=N–C) groups is 1. The summed E-state index contributed by atoms with van der Waals surface area (Å²) in [6.07, 6.45) is 7.06. The zero-order valence-corrected chi connectivity index (χ0v) is 23.4. The highest BCUT2D eigenvalue weighted by Crippen LogP contribution is 2.36. The molecule has 3 aliphatic rings. The normalized spacial score (nSPS) is 17.2. The van der Waals surface area contributed by atoms with Crippen LogP contribution in [-0.4, -0.2) is 58.4 Å². The van der Waals surface area contributed by atoms with Crippen molar-refractivity contribution in [1.29, 1.82) is 0 Å². The molecule has 7 rings (SSSR count). The number of nitrogens with zero attached hydrogens (tertiary/aromatic N) is 5. The molecule has 0 bridgehead atoms. The van der Waals surface area contributed by atoms with Crippen LogP contribution in [0.3, 0.4) is 0 Å². The molecule has 2 N–H and O–H groups in total. The van der Waals surface area contributed by atoms with Gasteiger partial charge in [-0.3, -0.25) is 19.9 Å². The SMILES string of the molecule is COc1cc(F)cc(-c2nccc3c2CN=C(C2=CCNc4ccc(-c5cncc(CN6CCC(F)(F)C6)c5)nc42)N3)c1. The van der Waals surface area contributed by atoms with Gasteiger partial charge in [0.25, 0.3) is 5.92 Å². The van der Waals surface area contributed by atoms with E-state index in [-0.39, 0.29) is 13.0 Å². The zero-order valence-electron chi connectivity index (χ0n) is 23.4. The summed E-state index contributed by atoms with van der Waals surface area (Å²) in [7, 11) is 1.50. The van der Waals surface area contributed by atoms with E-state index >= 15 is 0 Å². The van der Waals surface area contributed by atoms with Crippen LogP contribution in [0.25, 0.3) is 28.1 Å². The van der Waals surface area contributed by atoms with Gasteiger partial charge in [-0.05, 0) is 42.0 Å². The third kappa shape index (κ3) is 5.43. The Hall–Kier alpha value is -4.77. The zero-order chi connectivity index (χ0) is 29.6. The van der Waals surface area contributed by atoms with Crippen molar-refractivity contribution in [1.82, 2.24) is 19.9 Å². The average molecular weight is 584 g/mol. The Morgan fingerprint density at radius 2 is 1.93 bits per heavy atom. The Morgan fingerprint density at radius 1 is 1.02 bits per heavy atom. The number of rotatable bonds is 6. The maximum atomic E-state index is 14.3. The number of hydrogen-bond donors (Lipinski definition) is 2. The maximum Gasteiger partial charge on any atom is 0.261 e. The summed E-state index contributed by atoms with van der Waals surface area (Å²) in [5.41, 5.74) is 7.80. The Bertz CT molecular complexity index is 1790. The summed E-state index contributed by atoms with van der Waals surface area (Å²) in [4.78, 5) is 20.5. The van der Waals surface area contributed by atoms with Gasteiger partial charge in [-0.1, -0.05) is 6.08 Å². The predicted molar refractivity (Wildman–Crippen MR) is 160 cm³/mol. The highest BCUT2D eigenvalue weighted by Gasteiger charge is 2.38. The molecule has 3 aromatic heterocycles. The number of ether oxygens (including phenoxy) is 1. The van der Waals surface area contributed by atoms with Gasteiger partial charge in [0.15, 0.2) is 0 Å². The van der Waals surface area contributed by atoms with E-state index < -0.39 is 11.7 Å². The molecule has 0 aliphatic carbocycles. The number of anilines is 2. The van der Waals surface area contributed by atoms with Crippen LogP contribution in [-0.2, 0) is 13.1 Å². The molecule has 11 heteroatoms. The molecule has 0 saturated carbocycles. The van der Waals surface area contributed by atoms with Gasteiger partial charge in [-0.25, -0.2) is 18.2 Å². The summed E-state index contributed by atoms with van der Waals surface area (Å²) in [6, 6.07) is 12.3. The van der Waals surface area contributed by atoms with Gasteiger partial charge in [-0.2, -0.15) is 0 Å². The molecule has 218 valence electrons. The lowest BCUT2D eigenvalue weighted by Gasteiger charge is -2.25. The van der Waals surface area contributed by atoms with E-state index in [2.05, 4.69) is 20.6 Å². The molecular formula is C32H28F3N7O. The third-order valence-electron chi connectivity index (χ3n) is 7.83. The van der Waals surface area contributed by atoms with Gasteiger partial charge in [0, 0.05) is 78.7 Å². The van der Waals surface area contributed by atoms with Crippen LogP contribution < -0.4 is 15.4 Å². The van der Waals surface area contributed by atoms with E-state index in [0.29, 0.717) is 49.0 Å². The van der Waals surface area contributed by atoms with Crippen LogP contribution in [0, 0.1) is 5.82 Å². The molecular weight excluding hydrogens is 555 g/mol. The van der Waals surface area contributed by atoms with Crippen LogP contribution in [0.2, 0.25) is 0 Å². The summed E-state index contributed by atoms with van der Waals surface area (Å²) >= 11 is 0. The molecule has 8 nitrogen and oxygen atoms in total. The van der Waals surface area contributed by atoms with E-state index in [4.69, 9.17) is 14.7 Å². The maximum absolute atomic E-state index is 14.3. The minimum Gasteiger partial charge on any atom is -0.497 e. The number of nitrogens with one attached hydrogen (secondary N) is 2. The van der Waals surface area contributed by atoms with E-state index in [1.807, 2.05) is 30.3 Å². The first-order chi connectivity index (χ1) is 20.8. The van der Waals surface area contributed by atoms with Crippen LogP contribution in [0.1, 0.15) is 23.2 Å². The number of fused-ring (bicyclic) bond motifs is 2. The monoisotopic (exact) mass is 583 g/mol. The summed E-state index contributed by atoms with van der Waals surface area (Å²) in [6.45, 7) is 1.49. The van der Waals surface area contributed by atoms with E-state index in [1.54, 1.807) is 29.6 Å². The number of benzene rings is 1. The molecule has 0 spiro atoms. The Morgan fingerprint density at radius 3 is 2.77 bits per heavy atom. The van der Waals surface area contributed by atoms with Gasteiger partial charge in [-0.15, -0.1) is 0 Å². The van der Waals surface area contributed by atoms with Crippen molar-refractivity contribution < 1.29 is 17.9 Å². The number of hydrogen-bond acceptors (Lipinski definition) is 8. The molecule has 0 unspecified atom stereocenters. The van der Waals surface area contributed by atoms with Crippen molar-refractivity contribution in [2.45, 2.75) is 25.4 Å². The quantitative estimate of drug-likeness (QED) is 0.287. The van der Waals surface area contributed by atoms with E-state index in [9.17, 15) is 13.2 Å². The second-order valence-corrected chi connectivity index (χ2v) is 10.8. The number of aromatic nitrogens is 3. The summed E-state index contributed by atoms with van der Waals surface area (Å²) in [5, 5.41) is 6.82. The van der Waals surface area contributed by atoms with Gasteiger partial charge in [0.05, 0.1) is 43.0 Å². The second kappa shape index (κ2) is 10.8. The molecule has 4 aromatic rings. The molecule has 1 fully saturated rings. The first-order valence-electron chi connectivity index (χ1n) is 14.0. The van der Waals surface area contributed by atoms with Crippen molar-refractivity contribution in [3.8, 4) is 28.3 Å². The van der Waals surface area contributed by atoms with Crippen molar-refractivity contribution in [2.24, 2.45) is 4.99 Å². The lowest BCUT2D eigenvalue weighted by Crippen LogP contribution is -2.25. The van der Waals surface area contributed by atoms with Crippen molar-refractivity contribution in [3.05, 3.63) is 89.8 Å². The molecule has 3 aliphatic heterocycles. The topological polar surface area (TPSA) is 87.6 Å². The van der Waals surface area contributed by atoms with Gasteiger partial charge >= 0.3 is 0 Å². The molecule has 0 radical (unpaired) electrons. The van der Waals surface area contributed by atoms with Crippen molar-refractivity contribution >= 4 is 22.8 Å². The average Bonchev–Trinajstić information content (AvgIpc) is 3.37. The van der Waals surface area contributed by atoms with Crippen molar-refractivity contribution in [3.63, 3.8) is 0 Å². The smallest absolute Gasteiger partial charge is 0.261 e. The Labute approximate surface area is 246 Å². The van der Waals surface area contributed by atoms with Crippen LogP contribution >= 0.6 is 0 Å². The molecule has 1 saturated heterocycles.